The number of phenolic OH excluding ortho intramolecular Hbond substituents is 1. The Labute approximate surface area is 264 Å². The van der Waals surface area contributed by atoms with Crippen molar-refractivity contribution in [1.82, 2.24) is 20.9 Å². The largest absolute Gasteiger partial charge is 1.00 e. The van der Waals surface area contributed by atoms with Crippen molar-refractivity contribution in [3.05, 3.63) is 76.1 Å². The van der Waals surface area contributed by atoms with Crippen LogP contribution in [-0.2, 0) is 19.2 Å². The van der Waals surface area contributed by atoms with Crippen molar-refractivity contribution in [3.8, 4) is 5.75 Å². The van der Waals surface area contributed by atoms with Crippen LogP contribution in [0.25, 0.3) is 11.0 Å². The van der Waals surface area contributed by atoms with Crippen LogP contribution in [0.1, 0.15) is 35.8 Å². The van der Waals surface area contributed by atoms with Crippen molar-refractivity contribution < 1.29 is 68.2 Å². The number of fused-ring (bicyclic) bond motifs is 2. The summed E-state index contributed by atoms with van der Waals surface area (Å²) in [6.45, 7) is 3.18. The Morgan fingerprint density at radius 2 is 1.79 bits per heavy atom. The van der Waals surface area contributed by atoms with Crippen LogP contribution in [0.5, 0.6) is 5.75 Å². The van der Waals surface area contributed by atoms with Gasteiger partial charge in [0.2, 0.25) is 18.0 Å². The summed E-state index contributed by atoms with van der Waals surface area (Å²) in [7, 11) is 0. The molecule has 0 saturated carbocycles. The third-order valence-electron chi connectivity index (χ3n) is 7.03. The number of hydrogen-bond acceptors (Lipinski definition) is 10. The second-order valence-corrected chi connectivity index (χ2v) is 11.8. The first-order valence-corrected chi connectivity index (χ1v) is 13.1. The zero-order valence-electron chi connectivity index (χ0n) is 22.6. The van der Waals surface area contributed by atoms with E-state index >= 15 is 0 Å². The molecule has 3 heterocycles. The molecule has 5 rings (SSSR count). The molecule has 2 saturated heterocycles. The maximum absolute atomic E-state index is 13.7. The molecule has 212 valence electrons. The molecule has 42 heavy (non-hydrogen) atoms. The first-order valence-electron chi connectivity index (χ1n) is 12.3. The molecule has 0 radical (unpaired) electrons. The maximum Gasteiger partial charge on any atom is 1.00 e. The molecule has 0 aliphatic carbocycles. The van der Waals surface area contributed by atoms with Crippen LogP contribution in [0.2, 0.25) is 0 Å². The normalized spacial score (nSPS) is 22.6. The first kappa shape index (κ1) is 31.1. The van der Waals surface area contributed by atoms with E-state index in [4.69, 9.17) is 4.42 Å². The molecule has 2 aromatic carbocycles. The summed E-state index contributed by atoms with van der Waals surface area (Å²) in [6, 6.07) is 10.2. The van der Waals surface area contributed by atoms with Gasteiger partial charge in [-0.1, -0.05) is 30.3 Å². The Hall–Kier alpha value is -3.85. The minimum absolute atomic E-state index is 0. The average Bonchev–Trinajstić information content (AvgIpc) is 3.20. The van der Waals surface area contributed by atoms with Gasteiger partial charge in [0, 0.05) is 10.1 Å². The Bertz CT molecular complexity index is 1660. The van der Waals surface area contributed by atoms with Crippen LogP contribution in [0.15, 0.2) is 63.8 Å². The Morgan fingerprint density at radius 1 is 1.12 bits per heavy atom. The number of carboxylic acids is 1. The average molecular weight is 603 g/mol. The molecule has 3 aromatic rings. The summed E-state index contributed by atoms with van der Waals surface area (Å²) in [4.78, 5) is 77.3. The zero-order chi connectivity index (χ0) is 29.7. The number of aliphatic carboxylic acids is 1. The molecule has 13 nitrogen and oxygen atoms in total. The zero-order valence-corrected chi connectivity index (χ0v) is 25.4. The monoisotopic (exact) mass is 602 g/mol. The van der Waals surface area contributed by atoms with E-state index < -0.39 is 62.7 Å². The molecule has 2 fully saturated rings. The Balaban J connectivity index is 0.00000405. The first-order chi connectivity index (χ1) is 19.4. The topological polar surface area (TPSA) is 198 Å². The van der Waals surface area contributed by atoms with Gasteiger partial charge in [0.1, 0.15) is 28.3 Å². The molecule has 1 unspecified atom stereocenters. The van der Waals surface area contributed by atoms with Crippen molar-refractivity contribution in [2.24, 2.45) is 0 Å². The number of nitrogens with zero attached hydrogens (tertiary/aromatic N) is 1. The molecule has 4 atom stereocenters. The van der Waals surface area contributed by atoms with Crippen LogP contribution in [0.4, 0.5) is 0 Å². The summed E-state index contributed by atoms with van der Waals surface area (Å²) < 4.78 is 4.20. The van der Waals surface area contributed by atoms with E-state index in [9.17, 15) is 39.0 Å². The fourth-order valence-corrected chi connectivity index (χ4v) is 6.73. The second kappa shape index (κ2) is 11.4. The van der Waals surface area contributed by atoms with Gasteiger partial charge in [-0.15, -0.1) is 11.8 Å². The Morgan fingerprint density at radius 3 is 2.43 bits per heavy atom. The molecule has 0 spiro atoms. The smallest absolute Gasteiger partial charge is 0.548 e. The van der Waals surface area contributed by atoms with E-state index in [1.165, 1.54) is 30.3 Å². The number of thioether (sulfide) groups is 1. The van der Waals surface area contributed by atoms with E-state index in [-0.39, 0.29) is 52.9 Å². The van der Waals surface area contributed by atoms with Crippen LogP contribution < -0.4 is 56.2 Å². The van der Waals surface area contributed by atoms with Gasteiger partial charge < -0.3 is 40.3 Å². The van der Waals surface area contributed by atoms with Gasteiger partial charge in [-0.2, -0.15) is 0 Å². The van der Waals surface area contributed by atoms with Crippen molar-refractivity contribution in [1.29, 1.82) is 0 Å². The van der Waals surface area contributed by atoms with Gasteiger partial charge in [-0.25, -0.2) is 4.79 Å². The number of para-hydroxylation sites is 1. The van der Waals surface area contributed by atoms with E-state index in [0.29, 0.717) is 5.39 Å². The minimum atomic E-state index is -2.03. The quantitative estimate of drug-likeness (QED) is 0.0656. The number of β-lactam (4-membered cyclic amide) rings is 1. The van der Waals surface area contributed by atoms with Gasteiger partial charge in [0.05, 0.1) is 12.0 Å². The molecule has 4 amide bonds. The van der Waals surface area contributed by atoms with Gasteiger partial charge in [0.15, 0.2) is 0 Å². The summed E-state index contributed by atoms with van der Waals surface area (Å²) in [5, 5.41) is 28.3. The molecule has 2 aliphatic heterocycles. The van der Waals surface area contributed by atoms with E-state index in [1.807, 2.05) is 0 Å². The number of carbonyl (C=O) groups excluding carboxylic acids is 5. The molecule has 4 N–H and O–H groups in total. The maximum atomic E-state index is 13.7. The van der Waals surface area contributed by atoms with E-state index in [0.717, 1.165) is 16.7 Å². The number of carboxylic acid groups (broad SMARTS) is 1. The third-order valence-corrected chi connectivity index (χ3v) is 8.66. The summed E-state index contributed by atoms with van der Waals surface area (Å²) in [5.74, 6) is -4.44. The van der Waals surface area contributed by atoms with Gasteiger partial charge in [0.25, 0.3) is 11.8 Å². The van der Waals surface area contributed by atoms with E-state index in [2.05, 4.69) is 16.0 Å². The number of rotatable bonds is 8. The number of phenols is 1. The van der Waals surface area contributed by atoms with E-state index in [1.54, 1.807) is 38.1 Å². The van der Waals surface area contributed by atoms with Crippen molar-refractivity contribution in [2.45, 2.75) is 41.7 Å². The molecular weight excluding hydrogens is 579 g/mol. The molecule has 0 bridgehead atoms. The molecule has 2 aliphatic rings. The fourth-order valence-electron chi connectivity index (χ4n) is 5.08. The van der Waals surface area contributed by atoms with Crippen LogP contribution in [-0.4, -0.2) is 61.9 Å². The van der Waals surface area contributed by atoms with Crippen molar-refractivity contribution in [3.63, 3.8) is 0 Å². The minimum Gasteiger partial charge on any atom is -0.548 e. The number of benzene rings is 2. The SMILES string of the molecule is CC1(C)S[C@H]2N(C(=O)[C@@]2(NC=O)NC(=O)C(NC(=O)c2cc3ccccc3oc2=O)c2ccc(O)cc2)[C@H]1C(=O)[O-].[Na+]. The summed E-state index contributed by atoms with van der Waals surface area (Å²) in [5.41, 5.74) is -2.96. The van der Waals surface area contributed by atoms with Gasteiger partial charge in [-0.3, -0.25) is 19.2 Å². The predicted octanol–water partition coefficient (Wildman–Crippen LogP) is -3.66. The van der Waals surface area contributed by atoms with Crippen LogP contribution in [0.3, 0.4) is 0 Å². The summed E-state index contributed by atoms with van der Waals surface area (Å²) >= 11 is 1.04. The molecular formula is C27H23N4NaO9S. The number of nitrogens with one attached hydrogen (secondary N) is 3. The van der Waals surface area contributed by atoms with Gasteiger partial charge >= 0.3 is 35.2 Å². The second-order valence-electron chi connectivity index (χ2n) is 10.1. The number of amides is 4. The standard InChI is InChI=1S/C27H24N4O9S.Na/c1-26(2)19(22(36)37)31-24(39)27(28-12-32,25(31)41-26)30-21(35)18(13-7-9-15(33)10-8-13)29-20(34)16-11-14-5-3-4-6-17(14)40-23(16)38;/h3-12,18-19,25,33H,1-2H3,(H,28,32)(H,29,34)(H,30,35)(H,36,37);/q;+1/p-1/t18?,19-,25+,27+;/m0./s1. The number of carbonyl (C=O) groups is 5. The predicted molar refractivity (Wildman–Crippen MR) is 142 cm³/mol. The molecule has 1 aromatic heterocycles. The van der Waals surface area contributed by atoms with Crippen molar-refractivity contribution >= 4 is 52.8 Å². The summed E-state index contributed by atoms with van der Waals surface area (Å²) in [6.07, 6.45) is 0.198. The third kappa shape index (κ3) is 5.15. The van der Waals surface area contributed by atoms with Crippen LogP contribution >= 0.6 is 11.8 Å². The van der Waals surface area contributed by atoms with Crippen LogP contribution in [0, 0.1) is 0 Å². The van der Waals surface area contributed by atoms with Gasteiger partial charge in [-0.05, 0) is 43.7 Å². The molecule has 15 heteroatoms. The Kier molecular flexibility index (Phi) is 8.47. The number of aromatic hydroxyl groups is 1. The number of hydrogen-bond donors (Lipinski definition) is 4. The van der Waals surface area contributed by atoms with Crippen molar-refractivity contribution in [2.75, 3.05) is 0 Å². The fraction of sp³-hybridized carbons (Fsp3) is 0.259.